The highest BCUT2D eigenvalue weighted by Crippen LogP contribution is 2.30. The van der Waals surface area contributed by atoms with E-state index in [9.17, 15) is 0 Å². The van der Waals surface area contributed by atoms with Gasteiger partial charge in [-0.2, -0.15) is 0 Å². The summed E-state index contributed by atoms with van der Waals surface area (Å²) in [4.78, 5) is 9.10. The van der Waals surface area contributed by atoms with Crippen molar-refractivity contribution in [3.05, 3.63) is 16.5 Å². The normalized spacial score (nSPS) is 23.6. The first kappa shape index (κ1) is 14.8. The molecule has 0 aromatic carbocycles. The molecule has 2 atom stereocenters. The Hall–Kier alpha value is -0.640. The third-order valence-corrected chi connectivity index (χ3v) is 4.15. The minimum atomic E-state index is -0.0257. The molecule has 2 unspecified atom stereocenters. The maximum absolute atomic E-state index is 4.63. The number of nitrogens with zero attached hydrogens (tertiary/aromatic N) is 2. The molecule has 0 saturated heterocycles. The molecule has 1 fully saturated rings. The zero-order valence-electron chi connectivity index (χ0n) is 12.3. The molecule has 1 saturated carbocycles. The number of hydrogen-bond donors (Lipinski definition) is 1. The maximum Gasteiger partial charge on any atom is 0.137 e. The zero-order valence-corrected chi connectivity index (χ0v) is 13.9. The molecule has 1 N–H and O–H groups in total. The van der Waals surface area contributed by atoms with E-state index >= 15 is 0 Å². The van der Waals surface area contributed by atoms with Crippen LogP contribution in [0.5, 0.6) is 0 Å². The first-order valence-corrected chi connectivity index (χ1v) is 7.93. The molecular formula is C15H24BrN3. The van der Waals surface area contributed by atoms with Gasteiger partial charge in [0.2, 0.25) is 0 Å². The van der Waals surface area contributed by atoms with Gasteiger partial charge in [0.25, 0.3) is 0 Å². The van der Waals surface area contributed by atoms with Crippen molar-refractivity contribution in [2.45, 2.75) is 52.4 Å². The Morgan fingerprint density at radius 3 is 2.63 bits per heavy atom. The van der Waals surface area contributed by atoms with Crippen LogP contribution in [0, 0.1) is 11.8 Å². The van der Waals surface area contributed by atoms with Gasteiger partial charge in [0.15, 0.2) is 0 Å². The minimum Gasteiger partial charge on any atom is -0.370 e. The van der Waals surface area contributed by atoms with E-state index in [0.29, 0.717) is 0 Å². The lowest BCUT2D eigenvalue weighted by Gasteiger charge is -2.18. The second-order valence-corrected chi connectivity index (χ2v) is 7.63. The van der Waals surface area contributed by atoms with Crippen molar-refractivity contribution in [2.24, 2.45) is 11.8 Å². The van der Waals surface area contributed by atoms with E-state index < -0.39 is 0 Å². The van der Waals surface area contributed by atoms with Gasteiger partial charge in [-0.25, -0.2) is 9.97 Å². The average molecular weight is 326 g/mol. The average Bonchev–Trinajstić information content (AvgIpc) is 2.71. The first-order chi connectivity index (χ1) is 8.84. The van der Waals surface area contributed by atoms with Crippen molar-refractivity contribution in [2.75, 3.05) is 11.9 Å². The summed E-state index contributed by atoms with van der Waals surface area (Å²) in [5.74, 6) is 3.49. The molecule has 0 bridgehead atoms. The van der Waals surface area contributed by atoms with Gasteiger partial charge < -0.3 is 5.32 Å². The molecular weight excluding hydrogens is 302 g/mol. The summed E-state index contributed by atoms with van der Waals surface area (Å²) in [6.45, 7) is 9.78. The summed E-state index contributed by atoms with van der Waals surface area (Å²) in [5, 5.41) is 3.48. The molecule has 106 valence electrons. The number of nitrogens with one attached hydrogen (secondary N) is 1. The van der Waals surface area contributed by atoms with E-state index in [-0.39, 0.29) is 5.41 Å². The first-order valence-electron chi connectivity index (χ1n) is 7.13. The van der Waals surface area contributed by atoms with Crippen LogP contribution in [0.4, 0.5) is 5.82 Å². The lowest BCUT2D eigenvalue weighted by Crippen LogP contribution is -2.19. The van der Waals surface area contributed by atoms with Gasteiger partial charge in [0.1, 0.15) is 16.2 Å². The number of rotatable bonds is 3. The second-order valence-electron chi connectivity index (χ2n) is 6.81. The van der Waals surface area contributed by atoms with E-state index in [0.717, 1.165) is 34.6 Å². The van der Waals surface area contributed by atoms with Gasteiger partial charge in [-0.1, -0.05) is 34.1 Å². The van der Waals surface area contributed by atoms with E-state index in [2.05, 4.69) is 58.9 Å². The van der Waals surface area contributed by atoms with E-state index in [1.54, 1.807) is 0 Å². The predicted octanol–water partition coefficient (Wildman–Crippen LogP) is 4.38. The van der Waals surface area contributed by atoms with Crippen molar-refractivity contribution >= 4 is 21.7 Å². The van der Waals surface area contributed by atoms with Crippen LogP contribution in [0.2, 0.25) is 0 Å². The fourth-order valence-electron chi connectivity index (χ4n) is 2.60. The molecule has 1 aromatic rings. The molecule has 1 aliphatic rings. The van der Waals surface area contributed by atoms with Crippen LogP contribution in [0.15, 0.2) is 10.7 Å². The van der Waals surface area contributed by atoms with Gasteiger partial charge in [0, 0.05) is 18.0 Å². The van der Waals surface area contributed by atoms with Crippen molar-refractivity contribution in [1.29, 1.82) is 0 Å². The number of anilines is 1. The van der Waals surface area contributed by atoms with Crippen LogP contribution in [-0.2, 0) is 5.41 Å². The summed E-state index contributed by atoms with van der Waals surface area (Å²) in [5.41, 5.74) is -0.0257. The largest absolute Gasteiger partial charge is 0.370 e. The van der Waals surface area contributed by atoms with Crippen molar-refractivity contribution in [1.82, 2.24) is 9.97 Å². The third kappa shape index (κ3) is 4.16. The van der Waals surface area contributed by atoms with Crippen LogP contribution in [0.1, 0.15) is 52.8 Å². The quantitative estimate of drug-likeness (QED) is 0.838. The lowest BCUT2D eigenvalue weighted by molar-refractivity contribution is 0.532. The summed E-state index contributed by atoms with van der Waals surface area (Å²) in [7, 11) is 0. The van der Waals surface area contributed by atoms with E-state index in [1.807, 2.05) is 6.07 Å². The van der Waals surface area contributed by atoms with Crippen LogP contribution in [-0.4, -0.2) is 16.5 Å². The molecule has 3 nitrogen and oxygen atoms in total. The van der Waals surface area contributed by atoms with E-state index in [1.165, 1.54) is 19.3 Å². The minimum absolute atomic E-state index is 0.0257. The second kappa shape index (κ2) is 5.78. The number of halogens is 1. The topological polar surface area (TPSA) is 37.8 Å². The fraction of sp³-hybridized carbons (Fsp3) is 0.733. The summed E-state index contributed by atoms with van der Waals surface area (Å²) in [6, 6.07) is 1.97. The Bertz CT molecular complexity index is 440. The Balaban J connectivity index is 2.02. The Kier molecular flexibility index (Phi) is 4.49. The molecule has 0 radical (unpaired) electrons. The zero-order chi connectivity index (χ0) is 14.0. The summed E-state index contributed by atoms with van der Waals surface area (Å²) >= 11 is 3.48. The Labute approximate surface area is 124 Å². The number of aromatic nitrogens is 2. The maximum atomic E-state index is 4.63. The van der Waals surface area contributed by atoms with Crippen molar-refractivity contribution in [3.8, 4) is 0 Å². The van der Waals surface area contributed by atoms with Gasteiger partial charge in [-0.05, 0) is 40.6 Å². The van der Waals surface area contributed by atoms with Crippen LogP contribution in [0.3, 0.4) is 0 Å². The van der Waals surface area contributed by atoms with Crippen LogP contribution >= 0.6 is 15.9 Å². The molecule has 0 amide bonds. The monoisotopic (exact) mass is 325 g/mol. The van der Waals surface area contributed by atoms with Gasteiger partial charge in [0.05, 0.1) is 0 Å². The predicted molar refractivity (Wildman–Crippen MR) is 83.4 cm³/mol. The van der Waals surface area contributed by atoms with E-state index in [4.69, 9.17) is 0 Å². The molecule has 0 spiro atoms. The van der Waals surface area contributed by atoms with Crippen LogP contribution in [0.25, 0.3) is 0 Å². The Morgan fingerprint density at radius 1 is 1.32 bits per heavy atom. The highest BCUT2D eigenvalue weighted by molar-refractivity contribution is 9.10. The summed E-state index contributed by atoms with van der Waals surface area (Å²) in [6.07, 6.45) is 4.05. The molecule has 1 aliphatic carbocycles. The molecule has 1 aromatic heterocycles. The molecule has 19 heavy (non-hydrogen) atoms. The standard InChI is InChI=1S/C15H24BrN3/c1-10-5-6-11(7-10)9-17-13-8-12(16)18-14(19-13)15(2,3)4/h8,10-11H,5-7,9H2,1-4H3,(H,17,18,19). The SMILES string of the molecule is CC1CCC(CNc2cc(Br)nc(C(C)(C)C)n2)C1. The Morgan fingerprint density at radius 2 is 2.05 bits per heavy atom. The smallest absolute Gasteiger partial charge is 0.137 e. The number of hydrogen-bond acceptors (Lipinski definition) is 3. The van der Waals surface area contributed by atoms with Crippen LogP contribution < -0.4 is 5.32 Å². The van der Waals surface area contributed by atoms with Gasteiger partial charge in [-0.15, -0.1) is 0 Å². The third-order valence-electron chi connectivity index (χ3n) is 3.74. The van der Waals surface area contributed by atoms with Crippen molar-refractivity contribution < 1.29 is 0 Å². The molecule has 2 rings (SSSR count). The molecule has 0 aliphatic heterocycles. The highest BCUT2D eigenvalue weighted by atomic mass is 79.9. The summed E-state index contributed by atoms with van der Waals surface area (Å²) < 4.78 is 0.856. The van der Waals surface area contributed by atoms with Gasteiger partial charge in [-0.3, -0.25) is 0 Å². The fourth-order valence-corrected chi connectivity index (χ4v) is 2.99. The lowest BCUT2D eigenvalue weighted by atomic mass is 9.96. The van der Waals surface area contributed by atoms with Crippen molar-refractivity contribution in [3.63, 3.8) is 0 Å². The molecule has 1 heterocycles. The van der Waals surface area contributed by atoms with Gasteiger partial charge >= 0.3 is 0 Å². The molecule has 4 heteroatoms. The highest BCUT2D eigenvalue weighted by Gasteiger charge is 2.22.